The lowest BCUT2D eigenvalue weighted by Gasteiger charge is -2.13. The number of nitrogens with zero attached hydrogens (tertiary/aromatic N) is 2. The molecule has 0 saturated heterocycles. The van der Waals surface area contributed by atoms with Crippen LogP contribution in [0.4, 0.5) is 8.78 Å². The molecule has 0 bridgehead atoms. The number of likely N-dealkylation sites (N-methyl/N-ethyl adjacent to an activating group) is 1. The van der Waals surface area contributed by atoms with Gasteiger partial charge in [-0.3, -0.25) is 0 Å². The first-order valence-electron chi connectivity index (χ1n) is 5.10. The van der Waals surface area contributed by atoms with Gasteiger partial charge in [-0.05, 0) is 25.1 Å². The zero-order valence-electron chi connectivity index (χ0n) is 9.15. The third-order valence-electron chi connectivity index (χ3n) is 2.54. The van der Waals surface area contributed by atoms with E-state index in [0.29, 0.717) is 12.0 Å². The van der Waals surface area contributed by atoms with E-state index in [0.717, 1.165) is 23.5 Å². The van der Waals surface area contributed by atoms with Crippen LogP contribution < -0.4 is 5.32 Å². The first kappa shape index (κ1) is 12.1. The van der Waals surface area contributed by atoms with Crippen LogP contribution in [0.25, 0.3) is 0 Å². The lowest BCUT2D eigenvalue weighted by atomic mass is 10.0. The average Bonchev–Trinajstić information content (AvgIpc) is 2.85. The fraction of sp³-hybridized carbons (Fsp3) is 0.273. The zero-order chi connectivity index (χ0) is 12.3. The molecule has 0 amide bonds. The standard InChI is InChI=1S/C11H11F2N3S/c1-14-9(10-6-15-17-16-10)5-7-3-2-4-8(12)11(7)13/h2-4,6,9,14H,5H2,1H3. The average molecular weight is 255 g/mol. The first-order valence-corrected chi connectivity index (χ1v) is 5.83. The Morgan fingerprint density at radius 3 is 2.88 bits per heavy atom. The highest BCUT2D eigenvalue weighted by atomic mass is 32.1. The van der Waals surface area contributed by atoms with Crippen molar-refractivity contribution in [3.63, 3.8) is 0 Å². The third kappa shape index (κ3) is 2.65. The lowest BCUT2D eigenvalue weighted by molar-refractivity contribution is 0.485. The summed E-state index contributed by atoms with van der Waals surface area (Å²) >= 11 is 1.09. The molecule has 1 unspecified atom stereocenters. The van der Waals surface area contributed by atoms with Gasteiger partial charge in [0.15, 0.2) is 11.6 Å². The number of nitrogens with one attached hydrogen (secondary N) is 1. The van der Waals surface area contributed by atoms with Gasteiger partial charge in [-0.15, -0.1) is 0 Å². The smallest absolute Gasteiger partial charge is 0.162 e. The fourth-order valence-corrected chi connectivity index (χ4v) is 2.08. The molecule has 0 fully saturated rings. The predicted molar refractivity (Wildman–Crippen MR) is 61.8 cm³/mol. The van der Waals surface area contributed by atoms with Gasteiger partial charge >= 0.3 is 0 Å². The molecule has 1 heterocycles. The largest absolute Gasteiger partial charge is 0.311 e. The monoisotopic (exact) mass is 255 g/mol. The Labute approximate surface area is 102 Å². The van der Waals surface area contributed by atoms with Gasteiger partial charge in [0, 0.05) is 0 Å². The molecule has 2 aromatic rings. The molecule has 6 heteroatoms. The molecule has 0 radical (unpaired) electrons. The zero-order valence-corrected chi connectivity index (χ0v) is 9.97. The maximum atomic E-state index is 13.5. The van der Waals surface area contributed by atoms with Gasteiger partial charge in [-0.2, -0.15) is 8.75 Å². The van der Waals surface area contributed by atoms with Crippen LogP contribution in [0.1, 0.15) is 17.3 Å². The van der Waals surface area contributed by atoms with Gasteiger partial charge in [0.25, 0.3) is 0 Å². The fourth-order valence-electron chi connectivity index (χ4n) is 1.61. The summed E-state index contributed by atoms with van der Waals surface area (Å²) in [7, 11) is 1.75. The molecule has 0 spiro atoms. The van der Waals surface area contributed by atoms with Gasteiger partial charge in [0.2, 0.25) is 0 Å². The van der Waals surface area contributed by atoms with Crippen molar-refractivity contribution in [3.05, 3.63) is 47.3 Å². The second-order valence-corrected chi connectivity index (χ2v) is 4.15. The van der Waals surface area contributed by atoms with Crippen LogP contribution in [-0.2, 0) is 6.42 Å². The number of hydrogen-bond donors (Lipinski definition) is 1. The molecule has 1 atom stereocenters. The molecule has 1 N–H and O–H groups in total. The summed E-state index contributed by atoms with van der Waals surface area (Å²) in [5, 5.41) is 3.01. The van der Waals surface area contributed by atoms with Crippen LogP contribution in [0.3, 0.4) is 0 Å². The van der Waals surface area contributed by atoms with E-state index in [1.807, 2.05) is 0 Å². The molecule has 0 aliphatic rings. The molecule has 90 valence electrons. The Morgan fingerprint density at radius 2 is 2.24 bits per heavy atom. The van der Waals surface area contributed by atoms with Crippen molar-refractivity contribution in [1.29, 1.82) is 0 Å². The predicted octanol–water partition coefficient (Wildman–Crippen LogP) is 2.32. The molecule has 0 saturated carbocycles. The maximum Gasteiger partial charge on any atom is 0.162 e. The summed E-state index contributed by atoms with van der Waals surface area (Å²) in [5.41, 5.74) is 1.07. The normalized spacial score (nSPS) is 12.6. The lowest BCUT2D eigenvalue weighted by Crippen LogP contribution is -2.19. The number of aromatic nitrogens is 2. The molecular formula is C11H11F2N3S. The Hall–Kier alpha value is -1.40. The molecule has 2 rings (SSSR count). The van der Waals surface area contributed by atoms with Crippen molar-refractivity contribution >= 4 is 11.7 Å². The summed E-state index contributed by atoms with van der Waals surface area (Å²) in [5.74, 6) is -1.62. The highest BCUT2D eigenvalue weighted by Crippen LogP contribution is 2.20. The van der Waals surface area contributed by atoms with E-state index >= 15 is 0 Å². The second kappa shape index (κ2) is 5.29. The van der Waals surface area contributed by atoms with E-state index in [-0.39, 0.29) is 6.04 Å². The van der Waals surface area contributed by atoms with Crippen LogP contribution in [0.15, 0.2) is 24.4 Å². The van der Waals surface area contributed by atoms with Gasteiger partial charge in [-0.25, -0.2) is 8.78 Å². The van der Waals surface area contributed by atoms with E-state index in [1.54, 1.807) is 19.3 Å². The van der Waals surface area contributed by atoms with Gasteiger partial charge in [-0.1, -0.05) is 12.1 Å². The number of rotatable bonds is 4. The quantitative estimate of drug-likeness (QED) is 0.911. The van der Waals surface area contributed by atoms with Crippen molar-refractivity contribution in [1.82, 2.24) is 14.1 Å². The van der Waals surface area contributed by atoms with Crippen molar-refractivity contribution in [2.75, 3.05) is 7.05 Å². The van der Waals surface area contributed by atoms with Crippen LogP contribution in [-0.4, -0.2) is 15.8 Å². The summed E-state index contributed by atoms with van der Waals surface area (Å²) in [6, 6.07) is 4.02. The summed E-state index contributed by atoms with van der Waals surface area (Å²) in [4.78, 5) is 0. The minimum Gasteiger partial charge on any atom is -0.311 e. The van der Waals surface area contributed by atoms with Crippen LogP contribution in [0.5, 0.6) is 0 Å². The topological polar surface area (TPSA) is 37.8 Å². The molecule has 1 aromatic carbocycles. The Morgan fingerprint density at radius 1 is 1.41 bits per heavy atom. The first-order chi connectivity index (χ1) is 8.22. The van der Waals surface area contributed by atoms with E-state index in [1.165, 1.54) is 6.07 Å². The SMILES string of the molecule is CNC(Cc1cccc(F)c1F)c1cnsn1. The Bertz CT molecular complexity index is 487. The highest BCUT2D eigenvalue weighted by Gasteiger charge is 2.16. The summed E-state index contributed by atoms with van der Waals surface area (Å²) in [6.07, 6.45) is 1.97. The molecule has 17 heavy (non-hydrogen) atoms. The van der Waals surface area contributed by atoms with Crippen LogP contribution >= 0.6 is 11.7 Å². The van der Waals surface area contributed by atoms with Crippen molar-refractivity contribution < 1.29 is 8.78 Å². The summed E-state index contributed by atoms with van der Waals surface area (Å²) in [6.45, 7) is 0. The van der Waals surface area contributed by atoms with Crippen molar-refractivity contribution in [2.45, 2.75) is 12.5 Å². The van der Waals surface area contributed by atoms with Gasteiger partial charge < -0.3 is 5.32 Å². The third-order valence-corrected chi connectivity index (χ3v) is 3.03. The van der Waals surface area contributed by atoms with Crippen molar-refractivity contribution in [3.8, 4) is 0 Å². The van der Waals surface area contributed by atoms with E-state index in [2.05, 4.69) is 14.1 Å². The number of benzene rings is 1. The maximum absolute atomic E-state index is 13.5. The van der Waals surface area contributed by atoms with Gasteiger partial charge in [0.1, 0.15) is 0 Å². The Balaban J connectivity index is 2.22. The number of halogens is 2. The van der Waals surface area contributed by atoms with E-state index in [9.17, 15) is 8.78 Å². The minimum atomic E-state index is -0.825. The number of hydrogen-bond acceptors (Lipinski definition) is 4. The molecular weight excluding hydrogens is 244 g/mol. The molecule has 1 aromatic heterocycles. The molecule has 3 nitrogen and oxygen atoms in total. The van der Waals surface area contributed by atoms with E-state index < -0.39 is 11.6 Å². The molecule has 0 aliphatic heterocycles. The van der Waals surface area contributed by atoms with Crippen molar-refractivity contribution in [2.24, 2.45) is 0 Å². The van der Waals surface area contributed by atoms with Crippen LogP contribution in [0.2, 0.25) is 0 Å². The second-order valence-electron chi connectivity index (χ2n) is 3.59. The highest BCUT2D eigenvalue weighted by molar-refractivity contribution is 6.99. The summed E-state index contributed by atoms with van der Waals surface area (Å²) < 4.78 is 34.5. The van der Waals surface area contributed by atoms with E-state index in [4.69, 9.17) is 0 Å². The molecule has 0 aliphatic carbocycles. The minimum absolute atomic E-state index is 0.162. The van der Waals surface area contributed by atoms with Crippen LogP contribution in [0, 0.1) is 11.6 Å². The van der Waals surface area contributed by atoms with Gasteiger partial charge in [0.05, 0.1) is 29.7 Å². The Kier molecular flexibility index (Phi) is 3.75.